The third-order valence-corrected chi connectivity index (χ3v) is 6.45. The summed E-state index contributed by atoms with van der Waals surface area (Å²) in [5.74, 6) is -2.51. The molecule has 1 amide bonds. The number of hydrogen-bond donors (Lipinski definition) is 2. The largest absolute Gasteiger partial charge is 0.479 e. The number of aliphatic hydroxyl groups is 1. The highest BCUT2D eigenvalue weighted by Gasteiger charge is 2.50. The van der Waals surface area contributed by atoms with Crippen molar-refractivity contribution >= 4 is 27.1 Å². The topological polar surface area (TPSA) is 94.9 Å². The normalized spacial score (nSPS) is 13.1. The molecule has 0 bridgehead atoms. The lowest BCUT2D eigenvalue weighted by atomic mass is 9.90. The summed E-state index contributed by atoms with van der Waals surface area (Å²) in [5.41, 5.74) is -2.20. The SMILES string of the molecule is CCCCCCCCCC(=O)N(P)C(CO)(C(=O)O)C(=O)CCCCCCCCC. The number of rotatable bonds is 20. The second kappa shape index (κ2) is 17.7. The summed E-state index contributed by atoms with van der Waals surface area (Å²) >= 11 is 0. The van der Waals surface area contributed by atoms with Crippen LogP contribution in [0, 0.1) is 0 Å². The molecule has 0 rings (SSSR count). The van der Waals surface area contributed by atoms with Crippen molar-refractivity contribution in [3.63, 3.8) is 0 Å². The molecule has 0 saturated carbocycles. The summed E-state index contributed by atoms with van der Waals surface area (Å²) in [7, 11) is 2.07. The Morgan fingerprint density at radius 3 is 1.53 bits per heavy atom. The maximum atomic E-state index is 12.7. The number of aliphatic hydroxyl groups excluding tert-OH is 1. The molecule has 7 heteroatoms. The molecule has 0 aliphatic heterocycles. The fourth-order valence-electron chi connectivity index (χ4n) is 3.60. The Balaban J connectivity index is 4.60. The molecular weight excluding hydrogens is 401 g/mol. The minimum absolute atomic E-state index is 0.0518. The Morgan fingerprint density at radius 2 is 1.13 bits per heavy atom. The zero-order valence-corrected chi connectivity index (χ0v) is 20.3. The van der Waals surface area contributed by atoms with E-state index in [0.717, 1.165) is 43.2 Å². The van der Waals surface area contributed by atoms with Crippen molar-refractivity contribution in [2.24, 2.45) is 0 Å². The fraction of sp³-hybridized carbons (Fsp3) is 0.870. The second-order valence-electron chi connectivity index (χ2n) is 8.25. The molecule has 0 heterocycles. The van der Waals surface area contributed by atoms with Crippen LogP contribution in [0.5, 0.6) is 0 Å². The fourth-order valence-corrected chi connectivity index (χ4v) is 4.07. The molecule has 2 unspecified atom stereocenters. The number of carboxylic acid groups (broad SMARTS) is 1. The third-order valence-electron chi connectivity index (χ3n) is 5.73. The van der Waals surface area contributed by atoms with Gasteiger partial charge in [-0.25, -0.2) is 4.79 Å². The van der Waals surface area contributed by atoms with Gasteiger partial charge in [0.1, 0.15) is 0 Å². The lowest BCUT2D eigenvalue weighted by Gasteiger charge is -2.35. The van der Waals surface area contributed by atoms with Crippen molar-refractivity contribution in [2.75, 3.05) is 6.61 Å². The molecule has 0 spiro atoms. The monoisotopic (exact) mass is 445 g/mol. The zero-order valence-electron chi connectivity index (χ0n) is 19.2. The zero-order chi connectivity index (χ0) is 22.8. The van der Waals surface area contributed by atoms with E-state index in [0.29, 0.717) is 12.8 Å². The van der Waals surface area contributed by atoms with Gasteiger partial charge in [0, 0.05) is 12.8 Å². The standard InChI is InChI=1S/C23H44NO5P/c1-3-5-7-9-11-13-15-17-20(26)23(19-25,22(28)29)24(30)21(27)18-16-14-12-10-8-6-4-2/h25H,3-19,30H2,1-2H3,(H,28,29). The van der Waals surface area contributed by atoms with E-state index >= 15 is 0 Å². The van der Waals surface area contributed by atoms with Gasteiger partial charge >= 0.3 is 5.97 Å². The highest BCUT2D eigenvalue weighted by Crippen LogP contribution is 2.26. The Labute approximate surface area is 185 Å². The Hall–Kier alpha value is -1.00. The van der Waals surface area contributed by atoms with Crippen molar-refractivity contribution in [3.8, 4) is 0 Å². The molecule has 2 N–H and O–H groups in total. The quantitative estimate of drug-likeness (QED) is 0.151. The number of carboxylic acids is 1. The summed E-state index contributed by atoms with van der Waals surface area (Å²) in [4.78, 5) is 37.2. The van der Waals surface area contributed by atoms with E-state index in [-0.39, 0.29) is 12.8 Å². The molecule has 2 atom stereocenters. The van der Waals surface area contributed by atoms with Gasteiger partial charge in [-0.15, -0.1) is 0 Å². The van der Waals surface area contributed by atoms with E-state index in [1.165, 1.54) is 38.5 Å². The number of hydrogen-bond acceptors (Lipinski definition) is 4. The Bertz CT molecular complexity index is 500. The number of carbonyl (C=O) groups is 3. The number of carbonyl (C=O) groups excluding carboxylic acids is 2. The van der Waals surface area contributed by atoms with Crippen LogP contribution in [0.3, 0.4) is 0 Å². The molecule has 30 heavy (non-hydrogen) atoms. The molecule has 0 fully saturated rings. The van der Waals surface area contributed by atoms with Crippen LogP contribution >= 0.6 is 9.39 Å². The Kier molecular flexibility index (Phi) is 17.1. The van der Waals surface area contributed by atoms with Gasteiger partial charge in [-0.2, -0.15) is 0 Å². The van der Waals surface area contributed by atoms with Gasteiger partial charge in [0.25, 0.3) is 0 Å². The molecule has 0 aliphatic carbocycles. The van der Waals surface area contributed by atoms with Crippen LogP contribution in [0.15, 0.2) is 0 Å². The van der Waals surface area contributed by atoms with Gasteiger partial charge in [0.2, 0.25) is 11.4 Å². The average molecular weight is 446 g/mol. The number of unbranched alkanes of at least 4 members (excludes halogenated alkanes) is 12. The third kappa shape index (κ3) is 10.3. The first kappa shape index (κ1) is 29.0. The maximum absolute atomic E-state index is 12.7. The van der Waals surface area contributed by atoms with Crippen LogP contribution in [-0.2, 0) is 14.4 Å². The molecule has 0 aromatic rings. The number of nitrogens with zero attached hydrogens (tertiary/aromatic N) is 1. The summed E-state index contributed by atoms with van der Waals surface area (Å²) in [6, 6.07) is 0. The molecule has 0 aromatic heterocycles. The second-order valence-corrected chi connectivity index (χ2v) is 8.77. The summed E-state index contributed by atoms with van der Waals surface area (Å²) in [5, 5.41) is 19.5. The molecule has 6 nitrogen and oxygen atoms in total. The lowest BCUT2D eigenvalue weighted by molar-refractivity contribution is -0.161. The van der Waals surface area contributed by atoms with Gasteiger partial charge in [0.05, 0.1) is 6.61 Å². The molecule has 0 aromatic carbocycles. The van der Waals surface area contributed by atoms with Crippen LogP contribution in [0.25, 0.3) is 0 Å². The van der Waals surface area contributed by atoms with Gasteiger partial charge in [-0.1, -0.05) is 90.9 Å². The highest BCUT2D eigenvalue weighted by molar-refractivity contribution is 7.15. The smallest absolute Gasteiger partial charge is 0.340 e. The Morgan fingerprint density at radius 1 is 0.733 bits per heavy atom. The van der Waals surface area contributed by atoms with Crippen LogP contribution in [0.4, 0.5) is 0 Å². The first-order valence-corrected chi connectivity index (χ1v) is 12.3. The first-order valence-electron chi connectivity index (χ1n) is 11.8. The van der Waals surface area contributed by atoms with E-state index < -0.39 is 29.8 Å². The van der Waals surface area contributed by atoms with Crippen LogP contribution in [0.2, 0.25) is 0 Å². The molecule has 0 aliphatic rings. The van der Waals surface area contributed by atoms with E-state index in [9.17, 15) is 24.6 Å². The summed E-state index contributed by atoms with van der Waals surface area (Å²) in [6.45, 7) is 3.41. The van der Waals surface area contributed by atoms with Gasteiger partial charge < -0.3 is 14.9 Å². The molecule has 0 radical (unpaired) electrons. The number of ketones is 1. The minimum atomic E-state index is -2.20. The molecule has 176 valence electrons. The van der Waals surface area contributed by atoms with Crippen molar-refractivity contribution in [3.05, 3.63) is 0 Å². The van der Waals surface area contributed by atoms with Gasteiger partial charge in [-0.05, 0) is 22.2 Å². The minimum Gasteiger partial charge on any atom is -0.479 e. The number of Topliss-reactive ketones (excluding diaryl/α,β-unsaturated/α-hetero) is 1. The highest BCUT2D eigenvalue weighted by atomic mass is 31.0. The van der Waals surface area contributed by atoms with Crippen LogP contribution < -0.4 is 0 Å². The summed E-state index contributed by atoms with van der Waals surface area (Å²) in [6.07, 6.45) is 14.7. The van der Waals surface area contributed by atoms with Gasteiger partial charge in [0.15, 0.2) is 5.78 Å². The first-order chi connectivity index (χ1) is 14.4. The van der Waals surface area contributed by atoms with E-state index in [2.05, 4.69) is 23.2 Å². The van der Waals surface area contributed by atoms with Crippen molar-refractivity contribution < 1.29 is 24.6 Å². The van der Waals surface area contributed by atoms with E-state index in [1.807, 2.05) is 0 Å². The average Bonchev–Trinajstić information content (AvgIpc) is 2.72. The van der Waals surface area contributed by atoms with E-state index in [4.69, 9.17) is 0 Å². The van der Waals surface area contributed by atoms with Crippen molar-refractivity contribution in [2.45, 2.75) is 122 Å². The van der Waals surface area contributed by atoms with Crippen molar-refractivity contribution in [1.29, 1.82) is 0 Å². The van der Waals surface area contributed by atoms with Crippen molar-refractivity contribution in [1.82, 2.24) is 4.67 Å². The summed E-state index contributed by atoms with van der Waals surface area (Å²) < 4.78 is 0.885. The number of aliphatic carboxylic acids is 1. The predicted molar refractivity (Wildman–Crippen MR) is 124 cm³/mol. The molecule has 0 saturated heterocycles. The molecular formula is C23H44NO5P. The van der Waals surface area contributed by atoms with Crippen LogP contribution in [-0.4, -0.2) is 44.7 Å². The van der Waals surface area contributed by atoms with Crippen LogP contribution in [0.1, 0.15) is 117 Å². The number of amides is 1. The van der Waals surface area contributed by atoms with Gasteiger partial charge in [-0.3, -0.25) is 9.59 Å². The van der Waals surface area contributed by atoms with E-state index in [1.54, 1.807) is 0 Å². The lowest BCUT2D eigenvalue weighted by Crippen LogP contribution is -2.60. The predicted octanol–water partition coefficient (Wildman–Crippen LogP) is 5.27. The maximum Gasteiger partial charge on any atom is 0.340 e.